The van der Waals surface area contributed by atoms with Crippen molar-refractivity contribution in [1.29, 1.82) is 0 Å². The van der Waals surface area contributed by atoms with Crippen LogP contribution in [0.4, 0.5) is 0 Å². The zero-order valence-corrected chi connectivity index (χ0v) is 13.1. The average Bonchev–Trinajstić information content (AvgIpc) is 2.40. The predicted octanol–water partition coefficient (Wildman–Crippen LogP) is 5.52. The second kappa shape index (κ2) is 8.24. The highest BCUT2D eigenvalue weighted by atomic mass is 16.5. The van der Waals surface area contributed by atoms with Gasteiger partial charge in [-0.05, 0) is 36.0 Å². The van der Waals surface area contributed by atoms with E-state index in [1.165, 1.54) is 37.7 Å². The second-order valence-electron chi connectivity index (χ2n) is 5.98. The van der Waals surface area contributed by atoms with Gasteiger partial charge in [-0.1, -0.05) is 59.4 Å². The monoisotopic (exact) mass is 261 g/mol. The van der Waals surface area contributed by atoms with Crippen LogP contribution in [0.1, 0.15) is 71.8 Å². The number of hydrogen-bond donors (Lipinski definition) is 0. The molecule has 1 heteroatoms. The van der Waals surface area contributed by atoms with Gasteiger partial charge in [-0.25, -0.2) is 0 Å². The van der Waals surface area contributed by atoms with Crippen molar-refractivity contribution in [2.75, 3.05) is 6.61 Å². The number of benzene rings is 1. The van der Waals surface area contributed by atoms with Crippen molar-refractivity contribution in [3.05, 3.63) is 29.8 Å². The number of ether oxygens (including phenoxy) is 1. The first-order chi connectivity index (χ1) is 9.10. The molecule has 0 aliphatic rings. The summed E-state index contributed by atoms with van der Waals surface area (Å²) < 4.78 is 5.66. The maximum Gasteiger partial charge on any atom is 0.127 e. The first-order valence-electron chi connectivity index (χ1n) is 7.75. The highest BCUT2D eigenvalue weighted by Gasteiger charge is 2.19. The maximum absolute atomic E-state index is 5.66. The average molecular weight is 261 g/mol. The van der Waals surface area contributed by atoms with Crippen LogP contribution < -0.4 is 4.74 Å². The van der Waals surface area contributed by atoms with E-state index in [0.29, 0.717) is 0 Å². The topological polar surface area (TPSA) is 9.23 Å². The normalized spacial score (nSPS) is 11.6. The van der Waals surface area contributed by atoms with Crippen LogP contribution in [-0.4, -0.2) is 6.61 Å². The summed E-state index contributed by atoms with van der Waals surface area (Å²) in [6, 6.07) is 9.63. The SMILES string of the molecule is CCCCCC(C)(C)c1c[c]c(OCCCC)cc1. The van der Waals surface area contributed by atoms with Crippen LogP contribution in [0.25, 0.3) is 0 Å². The minimum atomic E-state index is 0.244. The molecule has 0 aliphatic carbocycles. The molecule has 0 amide bonds. The predicted molar refractivity (Wildman–Crippen MR) is 82.8 cm³/mol. The van der Waals surface area contributed by atoms with Crippen LogP contribution in [0.5, 0.6) is 5.75 Å². The summed E-state index contributed by atoms with van der Waals surface area (Å²) in [6.07, 6.45) is 7.43. The van der Waals surface area contributed by atoms with Gasteiger partial charge in [0.2, 0.25) is 0 Å². The van der Waals surface area contributed by atoms with E-state index in [2.05, 4.69) is 52.0 Å². The molecule has 1 aromatic rings. The number of rotatable bonds is 9. The van der Waals surface area contributed by atoms with Gasteiger partial charge in [-0.15, -0.1) is 0 Å². The van der Waals surface area contributed by atoms with Gasteiger partial charge in [0.15, 0.2) is 0 Å². The third-order valence-electron chi connectivity index (χ3n) is 3.73. The molecule has 0 fully saturated rings. The highest BCUT2D eigenvalue weighted by Crippen LogP contribution is 2.30. The fourth-order valence-corrected chi connectivity index (χ4v) is 2.21. The molecule has 0 saturated carbocycles. The van der Waals surface area contributed by atoms with Gasteiger partial charge >= 0.3 is 0 Å². The standard InChI is InChI=1S/C18H29O/c1-5-7-9-14-18(3,4)16-10-12-17(13-11-16)19-15-8-6-2/h10-12H,5-9,14-15H2,1-4H3. The second-order valence-corrected chi connectivity index (χ2v) is 5.98. The zero-order chi connectivity index (χ0) is 14.1. The summed E-state index contributed by atoms with van der Waals surface area (Å²) in [7, 11) is 0. The van der Waals surface area contributed by atoms with Crippen molar-refractivity contribution in [2.24, 2.45) is 0 Å². The van der Waals surface area contributed by atoms with E-state index < -0.39 is 0 Å². The Morgan fingerprint density at radius 1 is 1.05 bits per heavy atom. The van der Waals surface area contributed by atoms with Crippen molar-refractivity contribution in [3.8, 4) is 5.75 Å². The maximum atomic E-state index is 5.66. The van der Waals surface area contributed by atoms with Gasteiger partial charge in [0.1, 0.15) is 5.75 Å². The largest absolute Gasteiger partial charge is 0.493 e. The molecular weight excluding hydrogens is 232 g/mol. The van der Waals surface area contributed by atoms with Crippen molar-refractivity contribution < 1.29 is 4.74 Å². The molecule has 1 aromatic carbocycles. The first-order valence-corrected chi connectivity index (χ1v) is 7.75. The Bertz CT molecular complexity index is 337. The molecule has 0 heterocycles. The van der Waals surface area contributed by atoms with Crippen molar-refractivity contribution >= 4 is 0 Å². The zero-order valence-electron chi connectivity index (χ0n) is 13.1. The lowest BCUT2D eigenvalue weighted by Crippen LogP contribution is -2.16. The van der Waals surface area contributed by atoms with Gasteiger partial charge in [0.25, 0.3) is 0 Å². The molecule has 1 rings (SSSR count). The summed E-state index contributed by atoms with van der Waals surface area (Å²) in [5.74, 6) is 0.876. The van der Waals surface area contributed by atoms with E-state index in [9.17, 15) is 0 Å². The highest BCUT2D eigenvalue weighted by molar-refractivity contribution is 5.30. The van der Waals surface area contributed by atoms with E-state index in [4.69, 9.17) is 4.74 Å². The van der Waals surface area contributed by atoms with Crippen molar-refractivity contribution in [2.45, 2.75) is 71.6 Å². The van der Waals surface area contributed by atoms with Crippen molar-refractivity contribution in [1.82, 2.24) is 0 Å². The quantitative estimate of drug-likeness (QED) is 0.531. The Kier molecular flexibility index (Phi) is 6.97. The Labute approximate surface area is 119 Å². The molecule has 0 unspecified atom stereocenters. The van der Waals surface area contributed by atoms with Crippen LogP contribution in [0, 0.1) is 6.07 Å². The molecule has 0 bridgehead atoms. The molecule has 1 nitrogen and oxygen atoms in total. The summed E-state index contributed by atoms with van der Waals surface area (Å²) in [4.78, 5) is 0. The summed E-state index contributed by atoms with van der Waals surface area (Å²) in [5.41, 5.74) is 1.61. The van der Waals surface area contributed by atoms with E-state index in [1.807, 2.05) is 0 Å². The molecule has 19 heavy (non-hydrogen) atoms. The molecule has 107 valence electrons. The van der Waals surface area contributed by atoms with E-state index >= 15 is 0 Å². The summed E-state index contributed by atoms with van der Waals surface area (Å²) >= 11 is 0. The number of unbranched alkanes of at least 4 members (excludes halogenated alkanes) is 3. The van der Waals surface area contributed by atoms with Crippen LogP contribution in [0.3, 0.4) is 0 Å². The van der Waals surface area contributed by atoms with Crippen molar-refractivity contribution in [3.63, 3.8) is 0 Å². The molecule has 0 aromatic heterocycles. The molecule has 1 radical (unpaired) electrons. The van der Waals surface area contributed by atoms with Gasteiger partial charge in [-0.2, -0.15) is 0 Å². The molecule has 0 aliphatic heterocycles. The Morgan fingerprint density at radius 3 is 2.37 bits per heavy atom. The lowest BCUT2D eigenvalue weighted by atomic mass is 9.80. The van der Waals surface area contributed by atoms with Gasteiger partial charge in [0.05, 0.1) is 6.61 Å². The van der Waals surface area contributed by atoms with E-state index in [1.54, 1.807) is 0 Å². The fraction of sp³-hybridized carbons (Fsp3) is 0.667. The van der Waals surface area contributed by atoms with Crippen LogP contribution >= 0.6 is 0 Å². The Balaban J connectivity index is 2.53. The van der Waals surface area contributed by atoms with Gasteiger partial charge in [0, 0.05) is 6.07 Å². The van der Waals surface area contributed by atoms with Gasteiger partial charge < -0.3 is 4.74 Å². The summed E-state index contributed by atoms with van der Waals surface area (Å²) in [6.45, 7) is 9.87. The molecular formula is C18H29O. The molecule has 0 saturated heterocycles. The fourth-order valence-electron chi connectivity index (χ4n) is 2.21. The Hall–Kier alpha value is -0.980. The molecule has 0 spiro atoms. The third kappa shape index (κ3) is 5.67. The molecule has 0 atom stereocenters. The third-order valence-corrected chi connectivity index (χ3v) is 3.73. The van der Waals surface area contributed by atoms with E-state index in [0.717, 1.165) is 18.8 Å². The van der Waals surface area contributed by atoms with E-state index in [-0.39, 0.29) is 5.41 Å². The smallest absolute Gasteiger partial charge is 0.127 e. The molecule has 0 N–H and O–H groups in total. The van der Waals surface area contributed by atoms with Crippen LogP contribution in [0.2, 0.25) is 0 Å². The number of hydrogen-bond acceptors (Lipinski definition) is 1. The lowest BCUT2D eigenvalue weighted by Gasteiger charge is -2.25. The minimum absolute atomic E-state index is 0.244. The summed E-state index contributed by atoms with van der Waals surface area (Å²) in [5, 5.41) is 0. The Morgan fingerprint density at radius 2 is 1.79 bits per heavy atom. The van der Waals surface area contributed by atoms with Crippen LogP contribution in [0.15, 0.2) is 18.2 Å². The minimum Gasteiger partial charge on any atom is -0.493 e. The lowest BCUT2D eigenvalue weighted by molar-refractivity contribution is 0.308. The first kappa shape index (κ1) is 16.1. The van der Waals surface area contributed by atoms with Gasteiger partial charge in [-0.3, -0.25) is 0 Å². The van der Waals surface area contributed by atoms with Crippen LogP contribution in [-0.2, 0) is 5.41 Å².